The van der Waals surface area contributed by atoms with Crippen LogP contribution >= 0.6 is 0 Å². The summed E-state index contributed by atoms with van der Waals surface area (Å²) in [5.74, 6) is -2.29. The number of rotatable bonds is 5. The summed E-state index contributed by atoms with van der Waals surface area (Å²) < 4.78 is 39.9. The van der Waals surface area contributed by atoms with Crippen LogP contribution in [0.3, 0.4) is 0 Å². The second-order valence-electron chi connectivity index (χ2n) is 7.50. The Hall–Kier alpha value is -3.27. The maximum Gasteiger partial charge on any atom is 0.261 e. The van der Waals surface area contributed by atoms with E-state index in [0.717, 1.165) is 24.3 Å². The molecule has 1 saturated heterocycles. The molecule has 2 aromatic carbocycles. The van der Waals surface area contributed by atoms with Crippen molar-refractivity contribution in [2.45, 2.75) is 24.1 Å². The molecule has 10 heteroatoms. The van der Waals surface area contributed by atoms with Crippen LogP contribution in [-0.2, 0) is 19.4 Å². The van der Waals surface area contributed by atoms with E-state index >= 15 is 0 Å². The Bertz CT molecular complexity index is 1130. The number of hydrogen-bond donors (Lipinski definition) is 1. The molecule has 0 spiro atoms. The lowest BCUT2D eigenvalue weighted by molar-refractivity contribution is -0.138. The average molecular weight is 462 g/mol. The summed E-state index contributed by atoms with van der Waals surface area (Å²) in [6, 6.07) is 10.7. The Balaban J connectivity index is 1.93. The van der Waals surface area contributed by atoms with Gasteiger partial charge < -0.3 is 15.1 Å². The normalized spacial score (nSPS) is 15.2. The lowest BCUT2D eigenvalue weighted by Gasteiger charge is -2.36. The van der Waals surface area contributed by atoms with Crippen LogP contribution in [0.25, 0.3) is 0 Å². The van der Waals surface area contributed by atoms with Gasteiger partial charge in [0.05, 0.1) is 4.90 Å². The monoisotopic (exact) mass is 461 g/mol. The fourth-order valence-electron chi connectivity index (χ4n) is 3.46. The van der Waals surface area contributed by atoms with Gasteiger partial charge in [0, 0.05) is 38.7 Å². The Morgan fingerprint density at radius 2 is 1.50 bits per heavy atom. The highest BCUT2D eigenvalue weighted by Gasteiger charge is 2.39. The summed E-state index contributed by atoms with van der Waals surface area (Å²) >= 11 is 0. The number of halogens is 1. The minimum Gasteiger partial charge on any atom is -0.339 e. The van der Waals surface area contributed by atoms with Crippen LogP contribution in [0.2, 0.25) is 0 Å². The van der Waals surface area contributed by atoms with E-state index in [0.29, 0.717) is 5.56 Å². The second-order valence-corrected chi connectivity index (χ2v) is 9.53. The van der Waals surface area contributed by atoms with Crippen molar-refractivity contribution < 1.29 is 27.2 Å². The number of nitrogens with zero attached hydrogens (tertiary/aromatic N) is 2. The van der Waals surface area contributed by atoms with Gasteiger partial charge in [0.15, 0.2) is 0 Å². The number of amides is 3. The van der Waals surface area contributed by atoms with E-state index in [1.54, 1.807) is 30.0 Å². The molecule has 8 nitrogen and oxygen atoms in total. The van der Waals surface area contributed by atoms with Gasteiger partial charge in [0.1, 0.15) is 5.82 Å². The van der Waals surface area contributed by atoms with Crippen molar-refractivity contribution in [1.29, 1.82) is 0 Å². The largest absolute Gasteiger partial charge is 0.339 e. The molecule has 0 radical (unpaired) electrons. The first-order chi connectivity index (χ1) is 15.1. The molecule has 1 atom stereocenters. The van der Waals surface area contributed by atoms with Gasteiger partial charge in [-0.15, -0.1) is 0 Å². The topological polar surface area (TPSA) is 104 Å². The lowest BCUT2D eigenvalue weighted by Crippen LogP contribution is -2.57. The van der Waals surface area contributed by atoms with E-state index in [1.165, 1.54) is 17.9 Å². The van der Waals surface area contributed by atoms with Gasteiger partial charge in [0.25, 0.3) is 11.8 Å². The van der Waals surface area contributed by atoms with E-state index < -0.39 is 32.8 Å². The summed E-state index contributed by atoms with van der Waals surface area (Å²) in [5.41, 5.74) is 0.853. The quantitative estimate of drug-likeness (QED) is 0.677. The summed E-state index contributed by atoms with van der Waals surface area (Å²) in [7, 11) is -4.38. The van der Waals surface area contributed by atoms with Crippen molar-refractivity contribution in [2.75, 3.05) is 26.2 Å². The molecule has 0 aliphatic carbocycles. The maximum absolute atomic E-state index is 13.3. The van der Waals surface area contributed by atoms with Crippen LogP contribution in [-0.4, -0.2) is 67.5 Å². The number of benzene rings is 2. The number of sulfone groups is 1. The smallest absolute Gasteiger partial charge is 0.261 e. The first kappa shape index (κ1) is 23.4. The summed E-state index contributed by atoms with van der Waals surface area (Å²) in [6.45, 7) is 3.90. The molecule has 3 rings (SSSR count). The van der Waals surface area contributed by atoms with E-state index in [9.17, 15) is 27.2 Å². The van der Waals surface area contributed by atoms with Gasteiger partial charge in [-0.25, -0.2) is 12.8 Å². The number of hydrogen-bond acceptors (Lipinski definition) is 5. The molecule has 170 valence electrons. The van der Waals surface area contributed by atoms with Crippen LogP contribution in [0.15, 0.2) is 53.4 Å². The number of piperazine rings is 1. The third-order valence-electron chi connectivity index (χ3n) is 5.37. The second kappa shape index (κ2) is 9.47. The summed E-state index contributed by atoms with van der Waals surface area (Å²) in [4.78, 5) is 40.3. The highest BCUT2D eigenvalue weighted by atomic mass is 32.2. The van der Waals surface area contributed by atoms with Crippen molar-refractivity contribution in [3.8, 4) is 0 Å². The summed E-state index contributed by atoms with van der Waals surface area (Å²) in [6.07, 6.45) is 0. The number of carbonyl (C=O) groups is 3. The predicted octanol–water partition coefficient (Wildman–Crippen LogP) is 1.35. The van der Waals surface area contributed by atoms with E-state index in [4.69, 9.17) is 0 Å². The zero-order valence-electron chi connectivity index (χ0n) is 17.7. The first-order valence-corrected chi connectivity index (χ1v) is 11.6. The Labute approximate surface area is 185 Å². The van der Waals surface area contributed by atoms with Gasteiger partial charge in [-0.2, -0.15) is 0 Å². The predicted molar refractivity (Wildman–Crippen MR) is 115 cm³/mol. The van der Waals surface area contributed by atoms with E-state index in [-0.39, 0.29) is 42.5 Å². The third-order valence-corrected chi connectivity index (χ3v) is 7.23. The first-order valence-electron chi connectivity index (χ1n) is 10.0. The number of aryl methyl sites for hydroxylation is 1. The van der Waals surface area contributed by atoms with Crippen molar-refractivity contribution in [1.82, 2.24) is 15.1 Å². The molecule has 0 aromatic heterocycles. The molecule has 32 heavy (non-hydrogen) atoms. The van der Waals surface area contributed by atoms with E-state index in [1.807, 2.05) is 0 Å². The minimum absolute atomic E-state index is 0.133. The van der Waals surface area contributed by atoms with E-state index in [2.05, 4.69) is 5.32 Å². The van der Waals surface area contributed by atoms with Crippen LogP contribution in [0.5, 0.6) is 0 Å². The van der Waals surface area contributed by atoms with Crippen LogP contribution < -0.4 is 5.32 Å². The molecule has 0 saturated carbocycles. The zero-order valence-corrected chi connectivity index (χ0v) is 18.6. The van der Waals surface area contributed by atoms with Gasteiger partial charge >= 0.3 is 0 Å². The fraction of sp³-hybridized carbons (Fsp3) is 0.318. The molecular weight excluding hydrogens is 437 g/mol. The SMILES string of the molecule is CC(=O)N1CCN(C(=O)C(NC(=O)c2ccccc2C)S(=O)(=O)c2ccc(F)cc2)CC1. The molecular formula is C22H24FN3O5S. The lowest BCUT2D eigenvalue weighted by atomic mass is 10.1. The molecule has 1 aliphatic rings. The number of carbonyl (C=O) groups excluding carboxylic acids is 3. The Morgan fingerprint density at radius 1 is 0.938 bits per heavy atom. The fourth-order valence-corrected chi connectivity index (χ4v) is 4.93. The highest BCUT2D eigenvalue weighted by Crippen LogP contribution is 2.19. The van der Waals surface area contributed by atoms with Gasteiger partial charge in [0.2, 0.25) is 21.1 Å². The van der Waals surface area contributed by atoms with Gasteiger partial charge in [-0.1, -0.05) is 18.2 Å². The zero-order chi connectivity index (χ0) is 23.5. The van der Waals surface area contributed by atoms with Crippen LogP contribution in [0.1, 0.15) is 22.8 Å². The van der Waals surface area contributed by atoms with Gasteiger partial charge in [-0.05, 0) is 42.8 Å². The molecule has 1 N–H and O–H groups in total. The molecule has 1 aliphatic heterocycles. The number of nitrogens with one attached hydrogen (secondary N) is 1. The van der Waals surface area contributed by atoms with Gasteiger partial charge in [-0.3, -0.25) is 14.4 Å². The van der Waals surface area contributed by atoms with Crippen molar-refractivity contribution in [2.24, 2.45) is 0 Å². The van der Waals surface area contributed by atoms with Crippen LogP contribution in [0.4, 0.5) is 4.39 Å². The minimum atomic E-state index is -4.38. The average Bonchev–Trinajstić information content (AvgIpc) is 2.77. The summed E-state index contributed by atoms with van der Waals surface area (Å²) in [5, 5.41) is 0.467. The van der Waals surface area contributed by atoms with Crippen molar-refractivity contribution in [3.63, 3.8) is 0 Å². The third kappa shape index (κ3) is 4.96. The standard InChI is InChI=1S/C22H24FN3O5S/c1-15-5-3-4-6-19(15)20(28)24-21(32(30,31)18-9-7-17(23)8-10-18)22(29)26-13-11-25(12-14-26)16(2)27/h3-10,21H,11-14H2,1-2H3,(H,24,28). The molecule has 3 amide bonds. The van der Waals surface area contributed by atoms with Crippen molar-refractivity contribution in [3.05, 3.63) is 65.5 Å². The van der Waals surface area contributed by atoms with Crippen molar-refractivity contribution >= 4 is 27.6 Å². The Kier molecular flexibility index (Phi) is 6.93. The highest BCUT2D eigenvalue weighted by molar-refractivity contribution is 7.92. The molecule has 1 unspecified atom stereocenters. The molecule has 2 aromatic rings. The molecule has 1 fully saturated rings. The van der Waals surface area contributed by atoms with Crippen LogP contribution in [0, 0.1) is 12.7 Å². The Morgan fingerprint density at radius 3 is 2.06 bits per heavy atom. The molecule has 0 bridgehead atoms. The maximum atomic E-state index is 13.3. The molecule has 1 heterocycles.